The number of nitriles is 1. The van der Waals surface area contributed by atoms with Crippen LogP contribution in [0.25, 0.3) is 22.5 Å². The van der Waals surface area contributed by atoms with Gasteiger partial charge in [0.2, 0.25) is 0 Å². The van der Waals surface area contributed by atoms with E-state index in [-0.39, 0.29) is 18.0 Å². The number of H-pyrrole nitrogens is 1. The van der Waals surface area contributed by atoms with E-state index in [0.29, 0.717) is 23.1 Å². The van der Waals surface area contributed by atoms with E-state index in [1.165, 1.54) is 38.5 Å². The van der Waals surface area contributed by atoms with E-state index < -0.39 is 0 Å². The van der Waals surface area contributed by atoms with Gasteiger partial charge in [-0.1, -0.05) is 78.4 Å². The van der Waals surface area contributed by atoms with E-state index >= 15 is 0 Å². The lowest BCUT2D eigenvalue weighted by Gasteiger charge is -2.26. The SMILES string of the molecule is CCCCC(CC)COc1ccc(C2=c3c(c(-c4ccc(OCC(CC)CCCC)cc4)[nH]/c3=C(/C#N)c3ccccn3)C(C(c3ccccn3)C3CN3)N2)cc1. The number of nitrogens with zero attached hydrogens (tertiary/aromatic N) is 3. The normalized spacial score (nSPS) is 17.8. The summed E-state index contributed by atoms with van der Waals surface area (Å²) in [4.78, 5) is 13.4. The van der Waals surface area contributed by atoms with Crippen LogP contribution in [0.3, 0.4) is 0 Å². The molecule has 5 heterocycles. The molecule has 8 nitrogen and oxygen atoms in total. The number of aromatic nitrogens is 3. The monoisotopic (exact) mass is 762 g/mol. The Hall–Kier alpha value is -5.39. The zero-order chi connectivity index (χ0) is 39.6. The van der Waals surface area contributed by atoms with Gasteiger partial charge < -0.3 is 25.1 Å². The summed E-state index contributed by atoms with van der Waals surface area (Å²) in [6.07, 6.45) is 13.1. The Morgan fingerprint density at radius 2 is 1.37 bits per heavy atom. The second kappa shape index (κ2) is 19.2. The summed E-state index contributed by atoms with van der Waals surface area (Å²) in [6, 6.07) is 31.4. The molecule has 0 bridgehead atoms. The molecule has 5 unspecified atom stereocenters. The van der Waals surface area contributed by atoms with Crippen LogP contribution in [-0.2, 0) is 0 Å². The van der Waals surface area contributed by atoms with E-state index in [2.05, 4.69) is 115 Å². The van der Waals surface area contributed by atoms with Crippen LogP contribution < -0.4 is 30.7 Å². The minimum absolute atomic E-state index is 0.0265. The Bertz CT molecular complexity index is 2210. The van der Waals surface area contributed by atoms with Crippen molar-refractivity contribution in [3.8, 4) is 28.8 Å². The van der Waals surface area contributed by atoms with Crippen molar-refractivity contribution in [2.75, 3.05) is 19.8 Å². The molecule has 0 amide bonds. The van der Waals surface area contributed by atoms with Crippen molar-refractivity contribution in [2.45, 2.75) is 97.1 Å². The van der Waals surface area contributed by atoms with Crippen LogP contribution in [0.2, 0.25) is 0 Å². The summed E-state index contributed by atoms with van der Waals surface area (Å²) in [5, 5.41) is 20.2. The van der Waals surface area contributed by atoms with Crippen LogP contribution in [0.4, 0.5) is 0 Å². The zero-order valence-corrected chi connectivity index (χ0v) is 34.1. The van der Waals surface area contributed by atoms with Gasteiger partial charge in [-0.15, -0.1) is 0 Å². The first-order valence-electron chi connectivity index (χ1n) is 21.3. The van der Waals surface area contributed by atoms with Gasteiger partial charge in [0, 0.05) is 47.4 Å². The molecule has 0 radical (unpaired) electrons. The molecule has 5 aromatic rings. The summed E-state index contributed by atoms with van der Waals surface area (Å²) in [5.41, 5.74) is 7.24. The van der Waals surface area contributed by atoms with Gasteiger partial charge in [-0.3, -0.25) is 9.97 Å². The molecule has 296 valence electrons. The lowest BCUT2D eigenvalue weighted by molar-refractivity contribution is 0.233. The smallest absolute Gasteiger partial charge is 0.119 e. The Labute approximate surface area is 338 Å². The number of fused-ring (bicyclic) bond motifs is 1. The van der Waals surface area contributed by atoms with Crippen molar-refractivity contribution in [3.05, 3.63) is 130 Å². The van der Waals surface area contributed by atoms with Crippen molar-refractivity contribution < 1.29 is 9.47 Å². The van der Waals surface area contributed by atoms with Gasteiger partial charge in [-0.05, 0) is 109 Å². The summed E-state index contributed by atoms with van der Waals surface area (Å²) in [6.45, 7) is 11.3. The van der Waals surface area contributed by atoms with E-state index in [1.807, 2.05) is 30.5 Å². The number of hydrogen-bond donors (Lipinski definition) is 3. The Balaban J connectivity index is 1.36. The van der Waals surface area contributed by atoms with Crippen molar-refractivity contribution in [1.29, 1.82) is 5.26 Å². The highest BCUT2D eigenvalue weighted by Gasteiger charge is 2.44. The Kier molecular flexibility index (Phi) is 13.4. The number of hydrogen-bond acceptors (Lipinski definition) is 7. The molecule has 7 rings (SSSR count). The second-order valence-electron chi connectivity index (χ2n) is 15.7. The van der Waals surface area contributed by atoms with Crippen LogP contribution in [0, 0.1) is 23.2 Å². The highest BCUT2D eigenvalue weighted by Crippen LogP contribution is 2.42. The first-order valence-corrected chi connectivity index (χ1v) is 21.3. The maximum atomic E-state index is 10.9. The Morgan fingerprint density at radius 3 is 1.88 bits per heavy atom. The third-order valence-electron chi connectivity index (χ3n) is 11.8. The van der Waals surface area contributed by atoms with Crippen molar-refractivity contribution in [3.63, 3.8) is 0 Å². The minimum Gasteiger partial charge on any atom is -0.493 e. The Morgan fingerprint density at radius 1 is 0.772 bits per heavy atom. The lowest BCUT2D eigenvalue weighted by Crippen LogP contribution is -2.29. The van der Waals surface area contributed by atoms with E-state index in [0.717, 1.165) is 88.4 Å². The van der Waals surface area contributed by atoms with Crippen molar-refractivity contribution in [1.82, 2.24) is 25.6 Å². The topological polar surface area (TPSA) is 118 Å². The third-order valence-corrected chi connectivity index (χ3v) is 11.8. The molecule has 8 heteroatoms. The average molecular weight is 763 g/mol. The van der Waals surface area contributed by atoms with Gasteiger partial charge in [0.05, 0.1) is 41.7 Å². The molecular formula is C49H58N6O2. The summed E-state index contributed by atoms with van der Waals surface area (Å²) < 4.78 is 12.7. The molecule has 1 fully saturated rings. The van der Waals surface area contributed by atoms with Gasteiger partial charge in [0.15, 0.2) is 0 Å². The van der Waals surface area contributed by atoms with Crippen LogP contribution in [0.5, 0.6) is 11.5 Å². The van der Waals surface area contributed by atoms with E-state index in [1.54, 1.807) is 6.20 Å². The summed E-state index contributed by atoms with van der Waals surface area (Å²) >= 11 is 0. The van der Waals surface area contributed by atoms with E-state index in [9.17, 15) is 5.26 Å². The first kappa shape index (κ1) is 39.8. The predicted molar refractivity (Wildman–Crippen MR) is 229 cm³/mol. The highest BCUT2D eigenvalue weighted by molar-refractivity contribution is 5.80. The molecule has 2 aliphatic rings. The fraction of sp³-hybridized carbons (Fsp3) is 0.408. The standard InChI is InChI=1S/C49H58N6O2/c1-5-9-15-33(7-3)31-56-37-23-19-35(20-24-37)46-44-45(49(55-46)43(42-30-53-42)41-18-12-14-28-52-41)47(54-48(44)39(29-50)40-17-11-13-27-51-40)36-21-25-38(26-22-36)57-32-34(8-4)16-10-6-2/h11-14,17-28,33-34,42-43,49,53-55H,5-10,15-16,30-32H2,1-4H3/b48-39-. The molecule has 3 N–H and O–H groups in total. The number of unbranched alkanes of at least 4 members (excludes halogenated alkanes) is 2. The molecule has 1 saturated heterocycles. The predicted octanol–water partition coefficient (Wildman–Crippen LogP) is 8.94. The molecule has 0 aliphatic carbocycles. The van der Waals surface area contributed by atoms with Gasteiger partial charge >= 0.3 is 0 Å². The summed E-state index contributed by atoms with van der Waals surface area (Å²) in [7, 11) is 0. The van der Waals surface area contributed by atoms with Crippen molar-refractivity contribution >= 4 is 11.3 Å². The molecular weight excluding hydrogens is 705 g/mol. The fourth-order valence-corrected chi connectivity index (χ4v) is 8.21. The quantitative estimate of drug-likeness (QED) is 0.0678. The maximum Gasteiger partial charge on any atom is 0.119 e. The number of aromatic amines is 1. The highest BCUT2D eigenvalue weighted by atomic mass is 16.5. The van der Waals surface area contributed by atoms with Gasteiger partial charge in [-0.25, -0.2) is 0 Å². The lowest BCUT2D eigenvalue weighted by atomic mass is 9.86. The number of benzene rings is 2. The first-order chi connectivity index (χ1) is 28.1. The number of nitrogens with one attached hydrogen (secondary N) is 3. The molecule has 0 saturated carbocycles. The third kappa shape index (κ3) is 9.27. The van der Waals surface area contributed by atoms with Crippen LogP contribution >= 0.6 is 0 Å². The fourth-order valence-electron chi connectivity index (χ4n) is 8.21. The van der Waals surface area contributed by atoms with Gasteiger partial charge in [-0.2, -0.15) is 5.26 Å². The molecule has 57 heavy (non-hydrogen) atoms. The van der Waals surface area contributed by atoms with Crippen LogP contribution in [0.15, 0.2) is 97.3 Å². The van der Waals surface area contributed by atoms with Crippen LogP contribution in [-0.4, -0.2) is 40.8 Å². The van der Waals surface area contributed by atoms with Gasteiger partial charge in [0.1, 0.15) is 23.1 Å². The number of rotatable bonds is 20. The van der Waals surface area contributed by atoms with Crippen LogP contribution in [0.1, 0.15) is 114 Å². The number of ether oxygens (including phenoxy) is 2. The van der Waals surface area contributed by atoms with Gasteiger partial charge in [0.25, 0.3) is 0 Å². The van der Waals surface area contributed by atoms with E-state index in [4.69, 9.17) is 14.5 Å². The van der Waals surface area contributed by atoms with Crippen molar-refractivity contribution in [2.24, 2.45) is 11.8 Å². The molecule has 5 atom stereocenters. The average Bonchev–Trinajstić information content (AvgIpc) is 3.92. The summed E-state index contributed by atoms with van der Waals surface area (Å²) in [5.74, 6) is 2.85. The molecule has 3 aromatic heterocycles. The maximum absolute atomic E-state index is 10.9. The minimum atomic E-state index is -0.145. The zero-order valence-electron chi connectivity index (χ0n) is 34.1. The largest absolute Gasteiger partial charge is 0.493 e. The number of pyridine rings is 2. The molecule has 0 spiro atoms. The molecule has 2 aromatic carbocycles. The second-order valence-corrected chi connectivity index (χ2v) is 15.7. The molecule has 2 aliphatic heterocycles.